The molecule has 154 valence electrons. The van der Waals surface area contributed by atoms with E-state index < -0.39 is 9.84 Å². The van der Waals surface area contributed by atoms with Gasteiger partial charge in [-0.2, -0.15) is 4.52 Å². The molecule has 0 saturated heterocycles. The van der Waals surface area contributed by atoms with Crippen LogP contribution < -0.4 is 5.32 Å². The molecular weight excluding hydrogens is 410 g/mol. The number of anilines is 2. The van der Waals surface area contributed by atoms with Crippen molar-refractivity contribution in [2.45, 2.75) is 23.8 Å². The molecule has 2 heterocycles. The Balaban J connectivity index is 1.76. The number of sulfone groups is 1. The fraction of sp³-hybridized carbons (Fsp3) is 0.0870. The number of rotatable bonds is 4. The minimum absolute atomic E-state index is 0.149. The molecule has 0 saturated carbocycles. The average Bonchev–Trinajstić information content (AvgIpc) is 3.22. The minimum atomic E-state index is -3.88. The Morgan fingerprint density at radius 2 is 1.65 bits per heavy atom. The normalized spacial score (nSPS) is 11.8. The molecule has 31 heavy (non-hydrogen) atoms. The summed E-state index contributed by atoms with van der Waals surface area (Å²) in [5.74, 6) is 0.545. The van der Waals surface area contributed by atoms with Crippen molar-refractivity contribution in [3.05, 3.63) is 83.9 Å². The molecule has 5 rings (SSSR count). The fourth-order valence-electron chi connectivity index (χ4n) is 3.52. The van der Waals surface area contributed by atoms with Gasteiger partial charge in [0.25, 0.3) is 0 Å². The fourth-order valence-corrected chi connectivity index (χ4v) is 4.78. The van der Waals surface area contributed by atoms with E-state index in [0.717, 1.165) is 22.2 Å². The van der Waals surface area contributed by atoms with Crippen LogP contribution in [-0.4, -0.2) is 28.2 Å². The summed E-state index contributed by atoms with van der Waals surface area (Å²) in [6.45, 7) is 4.03. The second-order valence-corrected chi connectivity index (χ2v) is 9.23. The smallest absolute Gasteiger partial charge is 0.229 e. The van der Waals surface area contributed by atoms with Crippen molar-refractivity contribution in [1.29, 1.82) is 0 Å². The van der Waals surface area contributed by atoms with Gasteiger partial charge in [-0.15, -0.1) is 5.10 Å². The summed E-state index contributed by atoms with van der Waals surface area (Å²) >= 11 is 0. The Kier molecular flexibility index (Phi) is 4.44. The molecular formula is C23H19N5O2S. The van der Waals surface area contributed by atoms with Crippen LogP contribution >= 0.6 is 0 Å². The Bertz CT molecular complexity index is 1540. The summed E-state index contributed by atoms with van der Waals surface area (Å²) in [7, 11) is -3.88. The molecule has 0 aliphatic heterocycles. The van der Waals surface area contributed by atoms with Crippen LogP contribution in [0.2, 0.25) is 0 Å². The zero-order valence-corrected chi connectivity index (χ0v) is 17.8. The van der Waals surface area contributed by atoms with Crippen molar-refractivity contribution in [2.75, 3.05) is 5.32 Å². The van der Waals surface area contributed by atoms with Crippen molar-refractivity contribution in [1.82, 2.24) is 19.8 Å². The third-order valence-corrected chi connectivity index (χ3v) is 6.84. The standard InChI is InChI=1S/C23H19N5O2S/c1-15-12-13-16(2)19(14-15)24-21-18-10-6-7-11-20(18)28-22(25-21)23(26-27-28)31(29,30)17-8-4-3-5-9-17/h3-14H,1-2H3,(H,24,25). The third-order valence-electron chi connectivity index (χ3n) is 5.18. The molecule has 3 aromatic carbocycles. The van der Waals surface area contributed by atoms with Crippen LogP contribution in [-0.2, 0) is 9.84 Å². The molecule has 2 aromatic heterocycles. The van der Waals surface area contributed by atoms with Crippen LogP contribution in [0.5, 0.6) is 0 Å². The lowest BCUT2D eigenvalue weighted by Crippen LogP contribution is -2.06. The van der Waals surface area contributed by atoms with E-state index in [0.29, 0.717) is 11.3 Å². The predicted octanol–water partition coefficient (Wildman–Crippen LogP) is 4.47. The molecule has 0 aliphatic rings. The van der Waals surface area contributed by atoms with Crippen LogP contribution in [0.25, 0.3) is 16.6 Å². The van der Waals surface area contributed by atoms with Crippen LogP contribution in [0, 0.1) is 13.8 Å². The van der Waals surface area contributed by atoms with E-state index in [4.69, 9.17) is 0 Å². The van der Waals surface area contributed by atoms with E-state index in [1.807, 2.05) is 56.3 Å². The molecule has 5 aromatic rings. The summed E-state index contributed by atoms with van der Waals surface area (Å²) in [5, 5.41) is 12.1. The highest BCUT2D eigenvalue weighted by molar-refractivity contribution is 7.91. The minimum Gasteiger partial charge on any atom is -0.339 e. The van der Waals surface area contributed by atoms with Gasteiger partial charge < -0.3 is 5.32 Å². The first kappa shape index (κ1) is 19.2. The number of para-hydroxylation sites is 1. The van der Waals surface area contributed by atoms with Gasteiger partial charge in [0.05, 0.1) is 10.4 Å². The van der Waals surface area contributed by atoms with Gasteiger partial charge in [-0.3, -0.25) is 0 Å². The molecule has 8 heteroatoms. The van der Waals surface area contributed by atoms with Gasteiger partial charge in [0.15, 0.2) is 5.65 Å². The highest BCUT2D eigenvalue weighted by Gasteiger charge is 2.27. The third kappa shape index (κ3) is 3.21. The number of fused-ring (bicyclic) bond motifs is 3. The second kappa shape index (κ2) is 7.17. The first-order valence-corrected chi connectivity index (χ1v) is 11.2. The van der Waals surface area contributed by atoms with Gasteiger partial charge in [-0.1, -0.05) is 47.7 Å². The molecule has 7 nitrogen and oxygen atoms in total. The van der Waals surface area contributed by atoms with Crippen LogP contribution in [0.3, 0.4) is 0 Å². The van der Waals surface area contributed by atoms with Crippen LogP contribution in [0.4, 0.5) is 11.5 Å². The Morgan fingerprint density at radius 1 is 0.903 bits per heavy atom. The second-order valence-electron chi connectivity index (χ2n) is 7.37. The highest BCUT2D eigenvalue weighted by Crippen LogP contribution is 2.30. The number of benzene rings is 3. The van der Waals surface area contributed by atoms with E-state index in [9.17, 15) is 8.42 Å². The largest absolute Gasteiger partial charge is 0.339 e. The molecule has 0 atom stereocenters. The van der Waals surface area contributed by atoms with Crippen molar-refractivity contribution < 1.29 is 8.42 Å². The summed E-state index contributed by atoms with van der Waals surface area (Å²) in [5.41, 5.74) is 3.96. The molecule has 0 bridgehead atoms. The number of nitrogens with one attached hydrogen (secondary N) is 1. The summed E-state index contributed by atoms with van der Waals surface area (Å²) in [6.07, 6.45) is 0. The maximum atomic E-state index is 13.2. The van der Waals surface area contributed by atoms with E-state index in [-0.39, 0.29) is 15.6 Å². The number of aryl methyl sites for hydroxylation is 2. The molecule has 0 spiro atoms. The Hall–Kier alpha value is -3.78. The number of hydrogen-bond donors (Lipinski definition) is 1. The molecule has 0 radical (unpaired) electrons. The lowest BCUT2D eigenvalue weighted by Gasteiger charge is -2.13. The lowest BCUT2D eigenvalue weighted by molar-refractivity contribution is 0.592. The maximum Gasteiger partial charge on any atom is 0.229 e. The summed E-state index contributed by atoms with van der Waals surface area (Å²) < 4.78 is 27.9. The first-order chi connectivity index (χ1) is 14.9. The molecule has 0 fully saturated rings. The van der Waals surface area contributed by atoms with Gasteiger partial charge in [0.1, 0.15) is 5.82 Å². The van der Waals surface area contributed by atoms with E-state index in [2.05, 4.69) is 20.6 Å². The van der Waals surface area contributed by atoms with Gasteiger partial charge in [-0.05, 0) is 55.3 Å². The van der Waals surface area contributed by atoms with Crippen LogP contribution in [0.1, 0.15) is 11.1 Å². The number of hydrogen-bond acceptors (Lipinski definition) is 6. The zero-order valence-electron chi connectivity index (χ0n) is 16.9. The van der Waals surface area contributed by atoms with Crippen LogP contribution in [0.15, 0.2) is 82.7 Å². The van der Waals surface area contributed by atoms with Gasteiger partial charge in [0.2, 0.25) is 14.9 Å². The SMILES string of the molecule is Cc1ccc(C)c(Nc2nc3c(S(=O)(=O)c4ccccc4)nnn3c3ccccc23)c1. The zero-order chi connectivity index (χ0) is 21.6. The number of aromatic nitrogens is 4. The molecule has 0 amide bonds. The van der Waals surface area contributed by atoms with Gasteiger partial charge in [0, 0.05) is 11.1 Å². The van der Waals surface area contributed by atoms with Crippen molar-refractivity contribution in [3.63, 3.8) is 0 Å². The predicted molar refractivity (Wildman–Crippen MR) is 119 cm³/mol. The van der Waals surface area contributed by atoms with Crippen molar-refractivity contribution >= 4 is 37.9 Å². The molecule has 0 unspecified atom stereocenters. The summed E-state index contributed by atoms with van der Waals surface area (Å²) in [6, 6.07) is 21.9. The topological polar surface area (TPSA) is 89.2 Å². The average molecular weight is 430 g/mol. The quantitative estimate of drug-likeness (QED) is 0.453. The summed E-state index contributed by atoms with van der Waals surface area (Å²) in [4.78, 5) is 4.82. The van der Waals surface area contributed by atoms with E-state index in [1.165, 1.54) is 16.6 Å². The Morgan fingerprint density at radius 3 is 2.45 bits per heavy atom. The van der Waals surface area contributed by atoms with E-state index in [1.54, 1.807) is 18.2 Å². The first-order valence-electron chi connectivity index (χ1n) is 9.74. The van der Waals surface area contributed by atoms with Gasteiger partial charge >= 0.3 is 0 Å². The van der Waals surface area contributed by atoms with Gasteiger partial charge in [-0.25, -0.2) is 13.4 Å². The Labute approximate surface area is 179 Å². The molecule has 0 aliphatic carbocycles. The van der Waals surface area contributed by atoms with E-state index >= 15 is 0 Å². The molecule has 1 N–H and O–H groups in total. The number of nitrogens with zero attached hydrogens (tertiary/aromatic N) is 4. The lowest BCUT2D eigenvalue weighted by atomic mass is 10.1. The monoisotopic (exact) mass is 429 g/mol. The van der Waals surface area contributed by atoms with Crippen molar-refractivity contribution in [2.24, 2.45) is 0 Å². The highest BCUT2D eigenvalue weighted by atomic mass is 32.2. The maximum absolute atomic E-state index is 13.2. The van der Waals surface area contributed by atoms with Crippen molar-refractivity contribution in [3.8, 4) is 0 Å².